The van der Waals surface area contributed by atoms with Gasteiger partial charge in [-0.25, -0.2) is 4.18 Å². The molecule has 0 spiro atoms. The van der Waals surface area contributed by atoms with Gasteiger partial charge in [0.2, 0.25) is 0 Å². The van der Waals surface area contributed by atoms with E-state index in [2.05, 4.69) is 20.8 Å². The van der Waals surface area contributed by atoms with Crippen LogP contribution in [-0.4, -0.2) is 36.1 Å². The number of carbonyl (C=O) groups excluding carboxylic acids is 1. The largest absolute Gasteiger partial charge is 0.397 e. The highest BCUT2D eigenvalue weighted by Crippen LogP contribution is 2.68. The van der Waals surface area contributed by atoms with E-state index in [0.717, 1.165) is 38.5 Å². The van der Waals surface area contributed by atoms with Crippen LogP contribution in [0.3, 0.4) is 0 Å². The Morgan fingerprint density at radius 1 is 1.03 bits per heavy atom. The summed E-state index contributed by atoms with van der Waals surface area (Å²) in [4.78, 5) is 12.2. The zero-order chi connectivity index (χ0) is 25.1. The molecule has 196 valence electrons. The van der Waals surface area contributed by atoms with Crippen molar-refractivity contribution in [3.8, 4) is 0 Å². The van der Waals surface area contributed by atoms with E-state index in [0.29, 0.717) is 60.6 Å². The van der Waals surface area contributed by atoms with Crippen LogP contribution in [0.2, 0.25) is 0 Å². The second kappa shape index (κ2) is 9.42. The summed E-state index contributed by atoms with van der Waals surface area (Å²) in [6, 6.07) is 0. The van der Waals surface area contributed by atoms with Crippen molar-refractivity contribution in [3.63, 3.8) is 0 Å². The number of rotatable bonds is 7. The second-order valence-corrected chi connectivity index (χ2v) is 14.2. The van der Waals surface area contributed by atoms with Gasteiger partial charge in [-0.1, -0.05) is 34.6 Å². The summed E-state index contributed by atoms with van der Waals surface area (Å²) >= 11 is 0. The van der Waals surface area contributed by atoms with Crippen molar-refractivity contribution in [1.29, 1.82) is 0 Å². The first-order valence-corrected chi connectivity index (χ1v) is 15.0. The maximum Gasteiger partial charge on any atom is 0.397 e. The monoisotopic (exact) mass is 498 g/mol. The molecule has 0 bridgehead atoms. The predicted octanol–water partition coefficient (Wildman–Crippen LogP) is 5.45. The molecule has 6 nitrogen and oxygen atoms in total. The molecule has 0 aromatic carbocycles. The highest BCUT2D eigenvalue weighted by atomic mass is 32.3. The van der Waals surface area contributed by atoms with Gasteiger partial charge in [0.05, 0.1) is 12.2 Å². The Labute approximate surface area is 206 Å². The van der Waals surface area contributed by atoms with Crippen molar-refractivity contribution in [2.45, 2.75) is 111 Å². The summed E-state index contributed by atoms with van der Waals surface area (Å²) in [5.74, 6) is 3.04. The van der Waals surface area contributed by atoms with Gasteiger partial charge in [-0.15, -0.1) is 0 Å². The standard InChI is InChI=1S/C27H46O6S/c1-16(2)24(33-34(30,31)32)9-6-17(3)20-7-8-21-25-22(11-13-27(20,21)5)26(4)12-10-19(28)14-18(26)15-23(25)29/h16-18,20-25,29H,6-15H2,1-5H3,(H,30,31,32)/t17-,18-,20-,21+,22+,23-,24+,25+,26+,27-/m1/s1. The Morgan fingerprint density at radius 3 is 2.35 bits per heavy atom. The Hall–Kier alpha value is -0.500. The van der Waals surface area contributed by atoms with Crippen LogP contribution in [0.4, 0.5) is 0 Å². The number of carbonyl (C=O) groups is 1. The van der Waals surface area contributed by atoms with E-state index in [4.69, 9.17) is 8.74 Å². The molecule has 0 radical (unpaired) electrons. The predicted molar refractivity (Wildman–Crippen MR) is 131 cm³/mol. The van der Waals surface area contributed by atoms with Crippen molar-refractivity contribution < 1.29 is 27.1 Å². The van der Waals surface area contributed by atoms with E-state index in [1.807, 2.05) is 13.8 Å². The molecule has 0 aliphatic heterocycles. The molecule has 0 saturated heterocycles. The highest BCUT2D eigenvalue weighted by Gasteiger charge is 2.62. The Bertz CT molecular complexity index is 870. The zero-order valence-electron chi connectivity index (χ0n) is 21.7. The Balaban J connectivity index is 1.47. The normalized spacial score (nSPS) is 44.3. The Morgan fingerprint density at radius 2 is 1.71 bits per heavy atom. The van der Waals surface area contributed by atoms with Crippen molar-refractivity contribution in [2.75, 3.05) is 0 Å². The number of hydrogen-bond donors (Lipinski definition) is 2. The molecule has 0 unspecified atom stereocenters. The van der Waals surface area contributed by atoms with Crippen LogP contribution in [0.15, 0.2) is 0 Å². The van der Waals surface area contributed by atoms with Crippen LogP contribution in [0.25, 0.3) is 0 Å². The van der Waals surface area contributed by atoms with Crippen LogP contribution < -0.4 is 0 Å². The number of aliphatic hydroxyl groups is 1. The third kappa shape index (κ3) is 4.76. The lowest BCUT2D eigenvalue weighted by atomic mass is 9.44. The molecular formula is C27H46O6S. The van der Waals surface area contributed by atoms with E-state index in [1.165, 1.54) is 6.42 Å². The van der Waals surface area contributed by atoms with Gasteiger partial charge in [0.25, 0.3) is 0 Å². The SMILES string of the molecule is CC(C)[C@H](CC[C@@H](C)[C@H]1CC[C@H]2[C@@H]3[C@H](O)C[C@H]4CC(=O)CC[C@]4(C)[C@H]3CC[C@]12C)OS(=O)(=O)O. The third-order valence-corrected chi connectivity index (χ3v) is 11.6. The molecule has 34 heavy (non-hydrogen) atoms. The first kappa shape index (κ1) is 26.6. The summed E-state index contributed by atoms with van der Waals surface area (Å²) in [6.07, 6.45) is 8.40. The first-order valence-electron chi connectivity index (χ1n) is 13.6. The number of aliphatic hydroxyl groups excluding tert-OH is 1. The first-order chi connectivity index (χ1) is 15.8. The summed E-state index contributed by atoms with van der Waals surface area (Å²) in [7, 11) is -4.45. The smallest absolute Gasteiger partial charge is 0.393 e. The van der Waals surface area contributed by atoms with Crippen molar-refractivity contribution >= 4 is 16.2 Å². The minimum atomic E-state index is -4.45. The lowest BCUT2D eigenvalue weighted by molar-refractivity contribution is -0.169. The third-order valence-electron chi connectivity index (χ3n) is 11.2. The molecule has 4 saturated carbocycles. The fourth-order valence-corrected chi connectivity index (χ4v) is 9.90. The second-order valence-electron chi connectivity index (χ2n) is 13.1. The fraction of sp³-hybridized carbons (Fsp3) is 0.963. The van der Waals surface area contributed by atoms with Crippen LogP contribution in [0.5, 0.6) is 0 Å². The van der Waals surface area contributed by atoms with E-state index in [1.54, 1.807) is 0 Å². The minimum Gasteiger partial charge on any atom is -0.393 e. The van der Waals surface area contributed by atoms with Crippen molar-refractivity contribution in [3.05, 3.63) is 0 Å². The average molecular weight is 499 g/mol. The molecule has 4 rings (SSSR count). The molecule has 0 heterocycles. The summed E-state index contributed by atoms with van der Waals surface area (Å²) in [5.41, 5.74) is 0.368. The number of Topliss-reactive ketones (excluding diaryl/α,β-unsaturated/α-hetero) is 1. The van der Waals surface area contributed by atoms with Gasteiger partial charge in [0, 0.05) is 12.8 Å². The van der Waals surface area contributed by atoms with Gasteiger partial charge in [0.1, 0.15) is 5.78 Å². The lowest BCUT2D eigenvalue weighted by Gasteiger charge is -2.62. The van der Waals surface area contributed by atoms with E-state index >= 15 is 0 Å². The molecule has 0 amide bonds. The molecule has 4 aliphatic carbocycles. The molecule has 10 atom stereocenters. The molecule has 4 fully saturated rings. The van der Waals surface area contributed by atoms with Crippen molar-refractivity contribution in [1.82, 2.24) is 0 Å². The summed E-state index contributed by atoms with van der Waals surface area (Å²) in [6.45, 7) is 11.0. The van der Waals surface area contributed by atoms with Crippen LogP contribution in [0, 0.1) is 52.3 Å². The molecule has 7 heteroatoms. The molecular weight excluding hydrogens is 452 g/mol. The number of ketones is 1. The maximum absolute atomic E-state index is 12.2. The molecule has 4 aliphatic rings. The number of fused-ring (bicyclic) bond motifs is 5. The summed E-state index contributed by atoms with van der Waals surface area (Å²) in [5, 5.41) is 11.4. The highest BCUT2D eigenvalue weighted by molar-refractivity contribution is 7.80. The Kier molecular flexibility index (Phi) is 7.36. The summed E-state index contributed by atoms with van der Waals surface area (Å²) < 4.78 is 36.7. The maximum atomic E-state index is 12.2. The van der Waals surface area contributed by atoms with Crippen LogP contribution in [0.1, 0.15) is 98.8 Å². The minimum absolute atomic E-state index is 0.00456. The van der Waals surface area contributed by atoms with Gasteiger partial charge >= 0.3 is 10.4 Å². The van der Waals surface area contributed by atoms with Gasteiger partial charge in [-0.2, -0.15) is 8.42 Å². The number of hydrogen-bond acceptors (Lipinski definition) is 5. The van der Waals surface area contributed by atoms with Crippen LogP contribution in [-0.2, 0) is 19.4 Å². The lowest BCUT2D eigenvalue weighted by Crippen LogP contribution is -2.58. The van der Waals surface area contributed by atoms with E-state index < -0.39 is 16.5 Å². The molecule has 0 aromatic heterocycles. The fourth-order valence-electron chi connectivity index (χ4n) is 9.27. The van der Waals surface area contributed by atoms with Gasteiger partial charge in [-0.3, -0.25) is 9.35 Å². The average Bonchev–Trinajstić information content (AvgIpc) is 3.08. The van der Waals surface area contributed by atoms with Gasteiger partial charge in [0.15, 0.2) is 0 Å². The zero-order valence-corrected chi connectivity index (χ0v) is 22.5. The van der Waals surface area contributed by atoms with E-state index in [-0.39, 0.29) is 22.9 Å². The molecule has 0 aromatic rings. The van der Waals surface area contributed by atoms with Gasteiger partial charge in [-0.05, 0) is 104 Å². The molecule has 2 N–H and O–H groups in total. The van der Waals surface area contributed by atoms with Crippen LogP contribution >= 0.6 is 0 Å². The quantitative estimate of drug-likeness (QED) is 0.453. The topological polar surface area (TPSA) is 101 Å². The van der Waals surface area contributed by atoms with Gasteiger partial charge < -0.3 is 5.11 Å². The van der Waals surface area contributed by atoms with E-state index in [9.17, 15) is 18.3 Å². The van der Waals surface area contributed by atoms with Crippen molar-refractivity contribution in [2.24, 2.45) is 52.3 Å².